The van der Waals surface area contributed by atoms with Gasteiger partial charge in [0.25, 0.3) is 0 Å². The van der Waals surface area contributed by atoms with Crippen molar-refractivity contribution in [2.24, 2.45) is 0 Å². The number of carbonyl (C=O) groups is 2. The number of hydrogen-bond acceptors (Lipinski definition) is 5. The zero-order valence-electron chi connectivity index (χ0n) is 8.79. The maximum atomic E-state index is 11.1. The molecule has 0 aromatic heterocycles. The molecule has 1 fully saturated rings. The fourth-order valence-corrected chi connectivity index (χ4v) is 1.88. The minimum absolute atomic E-state index is 0.323. The van der Waals surface area contributed by atoms with E-state index in [1.165, 1.54) is 6.92 Å². The van der Waals surface area contributed by atoms with E-state index in [1.807, 2.05) is 0 Å². The lowest BCUT2D eigenvalue weighted by Crippen LogP contribution is -2.40. The minimum Gasteiger partial charge on any atom is -0.455 e. The van der Waals surface area contributed by atoms with Crippen LogP contribution in [0.3, 0.4) is 0 Å². The molecular formula is C11H12O5. The van der Waals surface area contributed by atoms with E-state index in [0.29, 0.717) is 0 Å². The summed E-state index contributed by atoms with van der Waals surface area (Å²) in [6.45, 7) is 4.62. The maximum absolute atomic E-state index is 11.1. The first-order valence-electron chi connectivity index (χ1n) is 4.96. The highest BCUT2D eigenvalue weighted by Gasteiger charge is 2.50. The van der Waals surface area contributed by atoms with E-state index in [-0.39, 0.29) is 12.2 Å². The molecule has 1 saturated heterocycles. The molecule has 0 aromatic carbocycles. The van der Waals surface area contributed by atoms with Crippen LogP contribution in [0.4, 0.5) is 0 Å². The van der Waals surface area contributed by atoms with Crippen molar-refractivity contribution < 1.29 is 23.8 Å². The molecule has 0 saturated carbocycles. The van der Waals surface area contributed by atoms with E-state index in [4.69, 9.17) is 14.2 Å². The van der Waals surface area contributed by atoms with Crippen LogP contribution in [-0.4, -0.2) is 36.4 Å². The van der Waals surface area contributed by atoms with Crippen molar-refractivity contribution in [3.63, 3.8) is 0 Å². The standard InChI is InChI=1S/C11H12O5/c1-3-9(13)16-11-8-5-4-7(15-8)10(11)14-6(2)12/h3-5,7-8,10-11H,1H2,2H3/t7?,8?,10-,11+/m0/s1. The number of hydrogen-bond donors (Lipinski definition) is 0. The van der Waals surface area contributed by atoms with Crippen LogP contribution in [0.2, 0.25) is 0 Å². The number of esters is 2. The fourth-order valence-electron chi connectivity index (χ4n) is 1.88. The third kappa shape index (κ3) is 1.86. The third-order valence-electron chi connectivity index (χ3n) is 2.50. The third-order valence-corrected chi connectivity index (χ3v) is 2.50. The fraction of sp³-hybridized carbons (Fsp3) is 0.455. The van der Waals surface area contributed by atoms with Crippen LogP contribution in [0.1, 0.15) is 6.92 Å². The number of ether oxygens (including phenoxy) is 3. The predicted molar refractivity (Wildman–Crippen MR) is 53.4 cm³/mol. The lowest BCUT2D eigenvalue weighted by Gasteiger charge is -2.23. The van der Waals surface area contributed by atoms with Crippen molar-refractivity contribution in [3.05, 3.63) is 24.8 Å². The van der Waals surface area contributed by atoms with Crippen LogP contribution in [-0.2, 0) is 23.8 Å². The van der Waals surface area contributed by atoms with Gasteiger partial charge in [-0.15, -0.1) is 0 Å². The summed E-state index contributed by atoms with van der Waals surface area (Å²) < 4.78 is 15.6. The van der Waals surface area contributed by atoms with Crippen molar-refractivity contribution in [1.82, 2.24) is 0 Å². The van der Waals surface area contributed by atoms with Gasteiger partial charge in [0.15, 0.2) is 12.2 Å². The van der Waals surface area contributed by atoms with Gasteiger partial charge in [-0.2, -0.15) is 0 Å². The summed E-state index contributed by atoms with van der Waals surface area (Å²) in [5, 5.41) is 0. The van der Waals surface area contributed by atoms with E-state index < -0.39 is 24.1 Å². The Morgan fingerprint density at radius 2 is 1.81 bits per heavy atom. The van der Waals surface area contributed by atoms with E-state index in [9.17, 15) is 9.59 Å². The molecule has 5 heteroatoms. The molecule has 0 aromatic rings. The van der Waals surface area contributed by atoms with Crippen LogP contribution < -0.4 is 0 Å². The lowest BCUT2D eigenvalue weighted by molar-refractivity contribution is -0.161. The Bertz CT molecular complexity index is 359. The normalized spacial score (nSPS) is 34.8. The molecule has 2 rings (SSSR count). The number of rotatable bonds is 3. The SMILES string of the molecule is C=CC(=O)O[C@@H]1C2C=CC(O2)[C@@H]1OC(C)=O. The lowest BCUT2D eigenvalue weighted by atomic mass is 10.0. The Hall–Kier alpha value is -1.62. The van der Waals surface area contributed by atoms with Gasteiger partial charge in [0.1, 0.15) is 12.2 Å². The topological polar surface area (TPSA) is 61.8 Å². The molecule has 2 aliphatic rings. The molecule has 0 amide bonds. The molecule has 2 heterocycles. The van der Waals surface area contributed by atoms with Gasteiger partial charge in [0.2, 0.25) is 0 Å². The Morgan fingerprint density at radius 3 is 2.31 bits per heavy atom. The zero-order valence-corrected chi connectivity index (χ0v) is 8.79. The zero-order chi connectivity index (χ0) is 11.7. The first-order valence-corrected chi connectivity index (χ1v) is 4.96. The molecule has 2 bridgehead atoms. The van der Waals surface area contributed by atoms with Gasteiger partial charge in [-0.1, -0.05) is 18.7 Å². The monoisotopic (exact) mass is 224 g/mol. The first-order chi connectivity index (χ1) is 7.61. The smallest absolute Gasteiger partial charge is 0.330 e. The van der Waals surface area contributed by atoms with Crippen LogP contribution >= 0.6 is 0 Å². The van der Waals surface area contributed by atoms with Crippen LogP contribution in [0.15, 0.2) is 24.8 Å². The van der Waals surface area contributed by atoms with Crippen molar-refractivity contribution >= 4 is 11.9 Å². The van der Waals surface area contributed by atoms with Crippen molar-refractivity contribution in [2.45, 2.75) is 31.3 Å². The molecule has 0 N–H and O–H groups in total. The van der Waals surface area contributed by atoms with Gasteiger partial charge in [-0.05, 0) is 0 Å². The predicted octanol–water partition coefficient (Wildman–Crippen LogP) is 0.353. The van der Waals surface area contributed by atoms with Crippen molar-refractivity contribution in [2.75, 3.05) is 0 Å². The Labute approximate surface area is 92.7 Å². The second-order valence-electron chi connectivity index (χ2n) is 3.63. The van der Waals surface area contributed by atoms with Gasteiger partial charge >= 0.3 is 11.9 Å². The van der Waals surface area contributed by atoms with Crippen molar-refractivity contribution in [3.8, 4) is 0 Å². The highest BCUT2D eigenvalue weighted by atomic mass is 16.6. The minimum atomic E-state index is -0.579. The molecule has 0 radical (unpaired) electrons. The molecular weight excluding hydrogens is 212 g/mol. The van der Waals surface area contributed by atoms with Gasteiger partial charge in [0, 0.05) is 13.0 Å². The Morgan fingerprint density at radius 1 is 1.25 bits per heavy atom. The van der Waals surface area contributed by atoms with Gasteiger partial charge < -0.3 is 14.2 Å². The van der Waals surface area contributed by atoms with E-state index in [0.717, 1.165) is 6.08 Å². The van der Waals surface area contributed by atoms with Gasteiger partial charge in [0.05, 0.1) is 0 Å². The van der Waals surface area contributed by atoms with Gasteiger partial charge in [-0.25, -0.2) is 4.79 Å². The second kappa shape index (κ2) is 4.09. The summed E-state index contributed by atoms with van der Waals surface area (Å²) in [7, 11) is 0. The Kier molecular flexibility index (Phi) is 2.78. The summed E-state index contributed by atoms with van der Waals surface area (Å²) in [5.41, 5.74) is 0. The summed E-state index contributed by atoms with van der Waals surface area (Å²) in [6.07, 6.45) is 2.87. The number of fused-ring (bicyclic) bond motifs is 2. The average Bonchev–Trinajstić information content (AvgIpc) is 2.80. The highest BCUT2D eigenvalue weighted by Crippen LogP contribution is 2.33. The second-order valence-corrected chi connectivity index (χ2v) is 3.63. The van der Waals surface area contributed by atoms with Gasteiger partial charge in [-0.3, -0.25) is 4.79 Å². The molecule has 16 heavy (non-hydrogen) atoms. The molecule has 2 aliphatic heterocycles. The van der Waals surface area contributed by atoms with Crippen LogP contribution in [0.25, 0.3) is 0 Å². The van der Waals surface area contributed by atoms with E-state index in [2.05, 4.69) is 6.58 Å². The van der Waals surface area contributed by atoms with E-state index in [1.54, 1.807) is 12.2 Å². The summed E-state index contributed by atoms with van der Waals surface area (Å²) >= 11 is 0. The molecule has 0 spiro atoms. The highest BCUT2D eigenvalue weighted by molar-refractivity contribution is 5.81. The molecule has 4 atom stereocenters. The molecule has 0 aliphatic carbocycles. The maximum Gasteiger partial charge on any atom is 0.330 e. The number of carbonyl (C=O) groups excluding carboxylic acids is 2. The summed E-state index contributed by atoms with van der Waals surface area (Å²) in [4.78, 5) is 22.0. The molecule has 2 unspecified atom stereocenters. The van der Waals surface area contributed by atoms with Crippen LogP contribution in [0.5, 0.6) is 0 Å². The molecule has 86 valence electrons. The Balaban J connectivity index is 2.09. The first kappa shape index (κ1) is 10.9. The summed E-state index contributed by atoms with van der Waals surface area (Å²) in [6, 6.07) is 0. The van der Waals surface area contributed by atoms with Crippen molar-refractivity contribution in [1.29, 1.82) is 0 Å². The summed E-state index contributed by atoms with van der Waals surface area (Å²) in [5.74, 6) is -0.971. The van der Waals surface area contributed by atoms with Crippen LogP contribution in [0, 0.1) is 0 Å². The quantitative estimate of drug-likeness (QED) is 0.393. The van der Waals surface area contributed by atoms with E-state index >= 15 is 0 Å². The largest absolute Gasteiger partial charge is 0.455 e. The molecule has 5 nitrogen and oxygen atoms in total. The average molecular weight is 224 g/mol.